The molecule has 0 aliphatic heterocycles. The number of carbonyl (C=O) groups is 1. The van der Waals surface area contributed by atoms with Crippen LogP contribution in [0.3, 0.4) is 0 Å². The molecule has 0 bridgehead atoms. The van der Waals surface area contributed by atoms with Crippen molar-refractivity contribution in [1.29, 1.82) is 0 Å². The second-order valence-electron chi connectivity index (χ2n) is 8.27. The maximum atomic E-state index is 14.7. The van der Waals surface area contributed by atoms with Gasteiger partial charge in [0.1, 0.15) is 11.5 Å². The molecule has 4 aromatic rings. The zero-order valence-electron chi connectivity index (χ0n) is 17.8. The summed E-state index contributed by atoms with van der Waals surface area (Å²) < 4.78 is 21.5. The van der Waals surface area contributed by atoms with Gasteiger partial charge in [0.25, 0.3) is 0 Å². The number of ketones is 1. The van der Waals surface area contributed by atoms with Gasteiger partial charge in [-0.1, -0.05) is 19.1 Å². The van der Waals surface area contributed by atoms with Crippen LogP contribution in [0.5, 0.6) is 11.5 Å². The maximum Gasteiger partial charge on any atom is 0.166 e. The molecule has 32 heavy (non-hydrogen) atoms. The van der Waals surface area contributed by atoms with E-state index in [0.717, 1.165) is 40.1 Å². The molecular formula is C26H23FN2O2S. The Morgan fingerprint density at radius 2 is 1.94 bits per heavy atom. The summed E-state index contributed by atoms with van der Waals surface area (Å²) in [4.78, 5) is 22.1. The topological polar surface area (TPSA) is 52.1 Å². The second-order valence-corrected chi connectivity index (χ2v) is 9.32. The van der Waals surface area contributed by atoms with Gasteiger partial charge in [-0.2, -0.15) is 0 Å². The number of aromatic nitrogens is 2. The van der Waals surface area contributed by atoms with Gasteiger partial charge in [-0.25, -0.2) is 4.39 Å². The van der Waals surface area contributed by atoms with Crippen molar-refractivity contribution >= 4 is 27.3 Å². The molecule has 3 heterocycles. The largest absolute Gasteiger partial charge is 0.453 e. The molecule has 3 aromatic heterocycles. The lowest BCUT2D eigenvalue weighted by molar-refractivity contribution is -0.118. The molecule has 0 atom stereocenters. The Morgan fingerprint density at radius 1 is 1.09 bits per heavy atom. The molecule has 162 valence electrons. The Morgan fingerprint density at radius 3 is 2.66 bits per heavy atom. The van der Waals surface area contributed by atoms with E-state index in [1.807, 2.05) is 18.3 Å². The van der Waals surface area contributed by atoms with Gasteiger partial charge in [0.2, 0.25) is 0 Å². The van der Waals surface area contributed by atoms with Crippen LogP contribution in [0.1, 0.15) is 37.3 Å². The van der Waals surface area contributed by atoms with Gasteiger partial charge in [0.15, 0.2) is 11.6 Å². The fourth-order valence-electron chi connectivity index (χ4n) is 3.70. The fourth-order valence-corrected chi connectivity index (χ4v) is 4.74. The number of aryl methyl sites for hydroxylation is 1. The number of thiophene rings is 1. The van der Waals surface area contributed by atoms with Crippen LogP contribution in [0.25, 0.3) is 20.8 Å². The Bertz CT molecular complexity index is 1280. The van der Waals surface area contributed by atoms with E-state index in [1.165, 1.54) is 23.0 Å². The van der Waals surface area contributed by atoms with Crippen molar-refractivity contribution in [1.82, 2.24) is 9.97 Å². The van der Waals surface area contributed by atoms with E-state index in [0.29, 0.717) is 23.7 Å². The highest BCUT2D eigenvalue weighted by Gasteiger charge is 2.24. The molecule has 4 nitrogen and oxygen atoms in total. The Balaban J connectivity index is 1.37. The third kappa shape index (κ3) is 4.55. The summed E-state index contributed by atoms with van der Waals surface area (Å²) in [5.41, 5.74) is 3.53. The average Bonchev–Trinajstić information content (AvgIpc) is 3.49. The molecule has 1 saturated carbocycles. The normalized spacial score (nSPS) is 13.4. The predicted molar refractivity (Wildman–Crippen MR) is 125 cm³/mol. The molecule has 0 N–H and O–H groups in total. The van der Waals surface area contributed by atoms with Crippen LogP contribution >= 0.6 is 11.3 Å². The zero-order valence-corrected chi connectivity index (χ0v) is 18.6. The third-order valence-electron chi connectivity index (χ3n) is 5.69. The van der Waals surface area contributed by atoms with Crippen molar-refractivity contribution in [2.24, 2.45) is 5.92 Å². The number of ether oxygens (including phenoxy) is 1. The summed E-state index contributed by atoms with van der Waals surface area (Å²) >= 11 is 1.52. The number of rotatable bonds is 8. The van der Waals surface area contributed by atoms with Gasteiger partial charge in [-0.15, -0.1) is 11.3 Å². The van der Waals surface area contributed by atoms with Crippen molar-refractivity contribution in [2.45, 2.75) is 39.0 Å². The number of hydrogen-bond donors (Lipinski definition) is 0. The molecule has 0 amide bonds. The van der Waals surface area contributed by atoms with E-state index in [1.54, 1.807) is 24.4 Å². The lowest BCUT2D eigenvalue weighted by atomic mass is 10.0. The van der Waals surface area contributed by atoms with Gasteiger partial charge < -0.3 is 4.74 Å². The number of pyridine rings is 2. The lowest BCUT2D eigenvalue weighted by Gasteiger charge is -2.09. The second kappa shape index (κ2) is 8.79. The molecular weight excluding hydrogens is 423 g/mol. The number of hydrogen-bond acceptors (Lipinski definition) is 5. The van der Waals surface area contributed by atoms with E-state index >= 15 is 0 Å². The summed E-state index contributed by atoms with van der Waals surface area (Å²) in [5, 5.41) is 0. The van der Waals surface area contributed by atoms with Crippen molar-refractivity contribution in [3.8, 4) is 22.1 Å². The van der Waals surface area contributed by atoms with Crippen LogP contribution in [-0.4, -0.2) is 15.8 Å². The van der Waals surface area contributed by atoms with E-state index in [-0.39, 0.29) is 18.0 Å². The molecule has 0 unspecified atom stereocenters. The van der Waals surface area contributed by atoms with Crippen LogP contribution in [0, 0.1) is 11.7 Å². The maximum absolute atomic E-state index is 14.7. The quantitative estimate of drug-likeness (QED) is 0.300. The van der Waals surface area contributed by atoms with Crippen molar-refractivity contribution in [2.75, 3.05) is 0 Å². The molecule has 5 rings (SSSR count). The summed E-state index contributed by atoms with van der Waals surface area (Å²) in [6.07, 6.45) is 7.63. The number of carbonyl (C=O) groups excluding carboxylic acids is 1. The van der Waals surface area contributed by atoms with Gasteiger partial charge in [0.05, 0.1) is 20.8 Å². The highest BCUT2D eigenvalue weighted by atomic mass is 32.1. The number of Topliss-reactive ketones (excluding diaryl/α,β-unsaturated/α-hetero) is 1. The molecule has 0 saturated heterocycles. The van der Waals surface area contributed by atoms with Gasteiger partial charge in [0, 0.05) is 31.3 Å². The average molecular weight is 447 g/mol. The first kappa shape index (κ1) is 20.8. The number of halogens is 1. The summed E-state index contributed by atoms with van der Waals surface area (Å²) in [6, 6.07) is 12.6. The van der Waals surface area contributed by atoms with Crippen LogP contribution < -0.4 is 4.74 Å². The number of benzene rings is 1. The van der Waals surface area contributed by atoms with Gasteiger partial charge in [-0.05, 0) is 60.6 Å². The SMILES string of the molecule is CCc1ccc(-c2cc3nccc(Oc4ccc(CC(=O)CC5CC5)cc4F)c3s2)nc1. The minimum absolute atomic E-state index is 0.135. The number of fused-ring (bicyclic) bond motifs is 1. The minimum Gasteiger partial charge on any atom is -0.453 e. The summed E-state index contributed by atoms with van der Waals surface area (Å²) in [6.45, 7) is 2.10. The van der Waals surface area contributed by atoms with E-state index in [9.17, 15) is 9.18 Å². The van der Waals surface area contributed by atoms with Gasteiger partial charge >= 0.3 is 0 Å². The highest BCUT2D eigenvalue weighted by Crippen LogP contribution is 2.39. The summed E-state index contributed by atoms with van der Waals surface area (Å²) in [7, 11) is 0. The molecule has 1 aromatic carbocycles. The first-order chi connectivity index (χ1) is 15.6. The van der Waals surface area contributed by atoms with Gasteiger partial charge in [-0.3, -0.25) is 14.8 Å². The molecule has 1 aliphatic rings. The van der Waals surface area contributed by atoms with E-state index in [4.69, 9.17) is 4.74 Å². The third-order valence-corrected chi connectivity index (χ3v) is 6.85. The fraction of sp³-hybridized carbons (Fsp3) is 0.269. The standard InChI is InChI=1S/C26H23FN2O2S/c1-2-16-5-7-21(29-15-16)25-14-22-26(32-25)24(9-10-28-22)31-23-8-6-18(13-20(23)27)12-19(30)11-17-3-4-17/h5-10,13-15,17H,2-4,11-12H2,1H3. The van der Waals surface area contributed by atoms with Crippen molar-refractivity contribution in [3.05, 3.63) is 71.8 Å². The highest BCUT2D eigenvalue weighted by molar-refractivity contribution is 7.22. The Labute approximate surface area is 190 Å². The Kier molecular flexibility index (Phi) is 5.70. The number of nitrogens with zero attached hydrogens (tertiary/aromatic N) is 2. The molecule has 1 fully saturated rings. The molecule has 0 spiro atoms. The zero-order chi connectivity index (χ0) is 22.1. The monoisotopic (exact) mass is 446 g/mol. The van der Waals surface area contributed by atoms with Crippen LogP contribution in [0.15, 0.2) is 54.9 Å². The minimum atomic E-state index is -0.472. The Hall–Kier alpha value is -3.12. The van der Waals surface area contributed by atoms with E-state index in [2.05, 4.69) is 23.0 Å². The van der Waals surface area contributed by atoms with Crippen molar-refractivity contribution < 1.29 is 13.9 Å². The molecule has 1 aliphatic carbocycles. The first-order valence-electron chi connectivity index (χ1n) is 10.9. The molecule has 6 heteroatoms. The van der Waals surface area contributed by atoms with Crippen molar-refractivity contribution in [3.63, 3.8) is 0 Å². The van der Waals surface area contributed by atoms with Crippen LogP contribution in [0.4, 0.5) is 4.39 Å². The predicted octanol–water partition coefficient (Wildman–Crippen LogP) is 6.76. The van der Waals surface area contributed by atoms with Crippen LogP contribution in [0.2, 0.25) is 0 Å². The summed E-state index contributed by atoms with van der Waals surface area (Å²) in [5.74, 6) is 0.923. The lowest BCUT2D eigenvalue weighted by Crippen LogP contribution is -2.04. The van der Waals surface area contributed by atoms with Crippen LogP contribution in [-0.2, 0) is 17.6 Å². The van der Waals surface area contributed by atoms with E-state index < -0.39 is 5.82 Å². The first-order valence-corrected chi connectivity index (χ1v) is 11.7. The molecule has 0 radical (unpaired) electrons. The smallest absolute Gasteiger partial charge is 0.166 e.